The summed E-state index contributed by atoms with van der Waals surface area (Å²) in [5.41, 5.74) is 4.08. The summed E-state index contributed by atoms with van der Waals surface area (Å²) in [6.07, 6.45) is 0.705. The van der Waals surface area contributed by atoms with E-state index in [1.807, 2.05) is 43.3 Å². The summed E-state index contributed by atoms with van der Waals surface area (Å²) in [5, 5.41) is 6.90. The molecule has 1 amide bonds. The van der Waals surface area contributed by atoms with Crippen molar-refractivity contribution in [1.82, 2.24) is 10.1 Å². The van der Waals surface area contributed by atoms with Gasteiger partial charge in [-0.2, -0.15) is 4.98 Å². The van der Waals surface area contributed by atoms with Gasteiger partial charge in [-0.15, -0.1) is 0 Å². The number of amides is 1. The van der Waals surface area contributed by atoms with E-state index in [1.165, 1.54) is 5.56 Å². The fraction of sp³-hybridized carbons (Fsp3) is 0.286. The number of benzene rings is 2. The van der Waals surface area contributed by atoms with Gasteiger partial charge in [0.2, 0.25) is 17.6 Å². The molecule has 0 aliphatic heterocycles. The Labute approximate surface area is 153 Å². The summed E-state index contributed by atoms with van der Waals surface area (Å²) in [6.45, 7) is 6.30. The Morgan fingerprint density at radius 2 is 1.92 bits per heavy atom. The van der Waals surface area contributed by atoms with Crippen molar-refractivity contribution in [2.45, 2.75) is 39.5 Å². The third kappa shape index (κ3) is 4.57. The summed E-state index contributed by atoms with van der Waals surface area (Å²) < 4.78 is 5.28. The van der Waals surface area contributed by atoms with Crippen molar-refractivity contribution < 1.29 is 9.32 Å². The number of nitrogens with zero attached hydrogens (tertiary/aromatic N) is 2. The van der Waals surface area contributed by atoms with Crippen LogP contribution in [0.3, 0.4) is 0 Å². The number of aryl methyl sites for hydroxylation is 2. The molecule has 0 unspecified atom stereocenters. The van der Waals surface area contributed by atoms with E-state index in [4.69, 9.17) is 4.52 Å². The number of aromatic nitrogens is 2. The minimum absolute atomic E-state index is 0.0726. The normalized spacial score (nSPS) is 10.9. The zero-order valence-corrected chi connectivity index (χ0v) is 15.3. The lowest BCUT2D eigenvalue weighted by Crippen LogP contribution is -2.12. The van der Waals surface area contributed by atoms with Crippen molar-refractivity contribution >= 4 is 11.6 Å². The van der Waals surface area contributed by atoms with Crippen molar-refractivity contribution in [3.8, 4) is 11.4 Å². The summed E-state index contributed by atoms with van der Waals surface area (Å²) in [7, 11) is 0. The Morgan fingerprint density at radius 1 is 1.15 bits per heavy atom. The highest BCUT2D eigenvalue weighted by Crippen LogP contribution is 2.21. The van der Waals surface area contributed by atoms with Crippen LogP contribution < -0.4 is 5.32 Å². The van der Waals surface area contributed by atoms with Crippen LogP contribution in [-0.4, -0.2) is 16.0 Å². The van der Waals surface area contributed by atoms with Gasteiger partial charge in [-0.25, -0.2) is 0 Å². The number of anilines is 1. The third-order valence-corrected chi connectivity index (χ3v) is 4.17. The molecule has 1 heterocycles. The average molecular weight is 349 g/mol. The molecule has 3 rings (SSSR count). The zero-order valence-electron chi connectivity index (χ0n) is 15.3. The molecule has 0 radical (unpaired) electrons. The first kappa shape index (κ1) is 17.9. The molecule has 5 nitrogen and oxygen atoms in total. The van der Waals surface area contributed by atoms with Gasteiger partial charge in [0.05, 0.1) is 0 Å². The molecular formula is C21H23N3O2. The number of hydrogen-bond acceptors (Lipinski definition) is 4. The number of rotatable bonds is 6. The Balaban J connectivity index is 1.57. The molecule has 0 fully saturated rings. The molecule has 0 spiro atoms. The molecule has 3 aromatic rings. The summed E-state index contributed by atoms with van der Waals surface area (Å²) in [5.74, 6) is 1.43. The van der Waals surface area contributed by atoms with Crippen molar-refractivity contribution in [1.29, 1.82) is 0 Å². The maximum Gasteiger partial charge on any atom is 0.227 e. The zero-order chi connectivity index (χ0) is 18.5. The minimum Gasteiger partial charge on any atom is -0.339 e. The highest BCUT2D eigenvalue weighted by molar-refractivity contribution is 5.90. The van der Waals surface area contributed by atoms with Crippen LogP contribution in [0.15, 0.2) is 53.1 Å². The van der Waals surface area contributed by atoms with E-state index in [-0.39, 0.29) is 5.91 Å². The molecule has 0 saturated carbocycles. The van der Waals surface area contributed by atoms with Crippen LogP contribution in [0.4, 0.5) is 5.69 Å². The highest BCUT2D eigenvalue weighted by Gasteiger charge is 2.11. The smallest absolute Gasteiger partial charge is 0.227 e. The van der Waals surface area contributed by atoms with Crippen LogP contribution in [0, 0.1) is 6.92 Å². The first-order valence-electron chi connectivity index (χ1n) is 8.80. The molecule has 1 N–H and O–H groups in total. The molecule has 0 aliphatic carbocycles. The second kappa shape index (κ2) is 7.95. The van der Waals surface area contributed by atoms with E-state index < -0.39 is 0 Å². The van der Waals surface area contributed by atoms with Gasteiger partial charge in [0.25, 0.3) is 0 Å². The SMILES string of the molecule is Cc1cccc(NC(=O)CCc2nc(-c3ccc(C(C)C)cc3)no2)c1. The molecule has 2 aromatic carbocycles. The molecule has 5 heteroatoms. The molecular weight excluding hydrogens is 326 g/mol. The van der Waals surface area contributed by atoms with E-state index >= 15 is 0 Å². The fourth-order valence-corrected chi connectivity index (χ4v) is 2.66. The predicted molar refractivity (Wildman–Crippen MR) is 102 cm³/mol. The van der Waals surface area contributed by atoms with Gasteiger partial charge in [-0.05, 0) is 36.1 Å². The third-order valence-electron chi connectivity index (χ3n) is 4.17. The van der Waals surface area contributed by atoms with Gasteiger partial charge in [0.15, 0.2) is 0 Å². The van der Waals surface area contributed by atoms with Gasteiger partial charge in [-0.1, -0.05) is 55.4 Å². The molecule has 0 bridgehead atoms. The maximum absolute atomic E-state index is 12.1. The largest absolute Gasteiger partial charge is 0.339 e. The van der Waals surface area contributed by atoms with Gasteiger partial charge in [0.1, 0.15) is 0 Å². The monoisotopic (exact) mass is 349 g/mol. The average Bonchev–Trinajstić information content (AvgIpc) is 3.09. The van der Waals surface area contributed by atoms with Gasteiger partial charge in [0, 0.05) is 24.1 Å². The number of hydrogen-bond donors (Lipinski definition) is 1. The summed E-state index contributed by atoms with van der Waals surface area (Å²) in [4.78, 5) is 16.5. The molecule has 1 aromatic heterocycles. The number of carbonyl (C=O) groups is 1. The van der Waals surface area contributed by atoms with Gasteiger partial charge in [-0.3, -0.25) is 4.79 Å². The Morgan fingerprint density at radius 3 is 2.62 bits per heavy atom. The minimum atomic E-state index is -0.0726. The Bertz CT molecular complexity index is 882. The van der Waals surface area contributed by atoms with Crippen LogP contribution in [-0.2, 0) is 11.2 Å². The van der Waals surface area contributed by atoms with E-state index in [0.29, 0.717) is 30.5 Å². The lowest BCUT2D eigenvalue weighted by molar-refractivity contribution is -0.116. The summed E-state index contributed by atoms with van der Waals surface area (Å²) >= 11 is 0. The molecule has 134 valence electrons. The second-order valence-corrected chi connectivity index (χ2v) is 6.71. The number of carbonyl (C=O) groups excluding carboxylic acids is 1. The summed E-state index contributed by atoms with van der Waals surface area (Å²) in [6, 6.07) is 15.8. The first-order chi connectivity index (χ1) is 12.5. The second-order valence-electron chi connectivity index (χ2n) is 6.71. The molecule has 0 atom stereocenters. The molecule has 0 aliphatic rings. The van der Waals surface area contributed by atoms with Crippen LogP contribution in [0.2, 0.25) is 0 Å². The van der Waals surface area contributed by atoms with E-state index in [0.717, 1.165) is 16.8 Å². The van der Waals surface area contributed by atoms with Gasteiger partial charge >= 0.3 is 0 Å². The maximum atomic E-state index is 12.1. The van der Waals surface area contributed by atoms with E-state index in [9.17, 15) is 4.79 Å². The standard InChI is InChI=1S/C21H23N3O2/c1-14(2)16-7-9-17(10-8-16)21-23-20(26-24-21)12-11-19(25)22-18-6-4-5-15(3)13-18/h4-10,13-14H,11-12H2,1-3H3,(H,22,25). The number of nitrogens with one attached hydrogen (secondary N) is 1. The Kier molecular flexibility index (Phi) is 5.46. The van der Waals surface area contributed by atoms with Crippen LogP contribution in [0.5, 0.6) is 0 Å². The van der Waals surface area contributed by atoms with Crippen molar-refractivity contribution in [3.63, 3.8) is 0 Å². The van der Waals surface area contributed by atoms with Crippen molar-refractivity contribution in [3.05, 3.63) is 65.5 Å². The van der Waals surface area contributed by atoms with Crippen LogP contribution >= 0.6 is 0 Å². The van der Waals surface area contributed by atoms with E-state index in [1.54, 1.807) is 0 Å². The molecule has 0 saturated heterocycles. The molecule has 26 heavy (non-hydrogen) atoms. The van der Waals surface area contributed by atoms with Crippen molar-refractivity contribution in [2.75, 3.05) is 5.32 Å². The fourth-order valence-electron chi connectivity index (χ4n) is 2.66. The Hall–Kier alpha value is -2.95. The highest BCUT2D eigenvalue weighted by atomic mass is 16.5. The lowest BCUT2D eigenvalue weighted by atomic mass is 10.0. The lowest BCUT2D eigenvalue weighted by Gasteiger charge is -2.05. The van der Waals surface area contributed by atoms with Crippen molar-refractivity contribution in [2.24, 2.45) is 0 Å². The predicted octanol–water partition coefficient (Wildman–Crippen LogP) is 4.74. The van der Waals surface area contributed by atoms with Gasteiger partial charge < -0.3 is 9.84 Å². The van der Waals surface area contributed by atoms with E-state index in [2.05, 4.69) is 41.4 Å². The first-order valence-corrected chi connectivity index (χ1v) is 8.80. The quantitative estimate of drug-likeness (QED) is 0.698. The van der Waals surface area contributed by atoms with Crippen LogP contribution in [0.25, 0.3) is 11.4 Å². The van der Waals surface area contributed by atoms with Crippen LogP contribution in [0.1, 0.15) is 43.2 Å². The topological polar surface area (TPSA) is 68.0 Å².